The lowest BCUT2D eigenvalue weighted by molar-refractivity contribution is 0.113. The fourth-order valence-corrected chi connectivity index (χ4v) is 3.98. The first-order valence-electron chi connectivity index (χ1n) is 11.0. The molecule has 2 aliphatic heterocycles. The first-order chi connectivity index (χ1) is 15.1. The molecule has 0 radical (unpaired) electrons. The van der Waals surface area contributed by atoms with Gasteiger partial charge in [-0.25, -0.2) is 4.99 Å². The molecule has 2 saturated heterocycles. The zero-order valence-electron chi connectivity index (χ0n) is 19.2. The molecule has 1 aromatic carbocycles. The van der Waals surface area contributed by atoms with E-state index in [1.165, 1.54) is 5.69 Å². The van der Waals surface area contributed by atoms with E-state index in [1.54, 1.807) is 7.11 Å². The number of halogens is 1. The van der Waals surface area contributed by atoms with Gasteiger partial charge in [0.05, 0.1) is 13.2 Å². The Morgan fingerprint density at radius 2 is 1.94 bits per heavy atom. The molecule has 4 rings (SSSR count). The van der Waals surface area contributed by atoms with E-state index in [0.717, 1.165) is 75.5 Å². The Labute approximate surface area is 207 Å². The molecule has 2 aliphatic rings. The van der Waals surface area contributed by atoms with Gasteiger partial charge in [0.25, 0.3) is 0 Å². The summed E-state index contributed by atoms with van der Waals surface area (Å²) in [6, 6.07) is 8.27. The fourth-order valence-electron chi connectivity index (χ4n) is 3.98. The molecular formula is C22H34IN7O2. The van der Waals surface area contributed by atoms with Crippen LogP contribution in [0.25, 0.3) is 0 Å². The van der Waals surface area contributed by atoms with Crippen molar-refractivity contribution in [3.05, 3.63) is 35.9 Å². The summed E-state index contributed by atoms with van der Waals surface area (Å²) >= 11 is 0. The standard InChI is InChI=1S/C22H33N7O2.HI/c1-17-25-26-21(27(17)2)16-24-22(23-15-20-5-4-14-31-20)29-12-10-28(11-13-29)18-6-8-19(30-3)9-7-18;/h6-9,20H,4-5,10-16H2,1-3H3,(H,23,24);1H. The van der Waals surface area contributed by atoms with Gasteiger partial charge in [-0.2, -0.15) is 0 Å². The van der Waals surface area contributed by atoms with Crippen LogP contribution in [0.1, 0.15) is 24.5 Å². The van der Waals surface area contributed by atoms with Crippen molar-refractivity contribution in [1.29, 1.82) is 0 Å². The van der Waals surface area contributed by atoms with Crippen LogP contribution in [-0.4, -0.2) is 78.2 Å². The van der Waals surface area contributed by atoms with Crippen molar-refractivity contribution in [2.75, 3.05) is 51.3 Å². The number of anilines is 1. The summed E-state index contributed by atoms with van der Waals surface area (Å²) in [6.07, 6.45) is 2.51. The summed E-state index contributed by atoms with van der Waals surface area (Å²) in [4.78, 5) is 9.62. The minimum Gasteiger partial charge on any atom is -0.497 e. The Morgan fingerprint density at radius 1 is 1.19 bits per heavy atom. The largest absolute Gasteiger partial charge is 0.497 e. The average Bonchev–Trinajstić information content (AvgIpc) is 3.45. The van der Waals surface area contributed by atoms with Crippen LogP contribution in [-0.2, 0) is 18.3 Å². The van der Waals surface area contributed by atoms with E-state index in [0.29, 0.717) is 6.54 Å². The van der Waals surface area contributed by atoms with Gasteiger partial charge < -0.3 is 29.2 Å². The number of benzene rings is 1. The molecule has 32 heavy (non-hydrogen) atoms. The number of guanidine groups is 1. The first kappa shape index (κ1) is 24.6. The fraction of sp³-hybridized carbons (Fsp3) is 0.591. The van der Waals surface area contributed by atoms with Gasteiger partial charge in [-0.05, 0) is 44.0 Å². The summed E-state index contributed by atoms with van der Waals surface area (Å²) < 4.78 is 13.1. The van der Waals surface area contributed by atoms with E-state index >= 15 is 0 Å². The van der Waals surface area contributed by atoms with Gasteiger partial charge >= 0.3 is 0 Å². The maximum absolute atomic E-state index is 5.79. The maximum atomic E-state index is 5.79. The second-order valence-electron chi connectivity index (χ2n) is 8.05. The van der Waals surface area contributed by atoms with Crippen LogP contribution in [0.2, 0.25) is 0 Å². The number of aliphatic imine (C=N–C) groups is 1. The van der Waals surface area contributed by atoms with E-state index < -0.39 is 0 Å². The first-order valence-corrected chi connectivity index (χ1v) is 11.0. The predicted molar refractivity (Wildman–Crippen MR) is 136 cm³/mol. The molecule has 1 N–H and O–H groups in total. The quantitative estimate of drug-likeness (QED) is 0.333. The zero-order valence-corrected chi connectivity index (χ0v) is 21.5. The van der Waals surface area contributed by atoms with Crippen LogP contribution in [0, 0.1) is 6.92 Å². The Hall–Kier alpha value is -2.08. The summed E-state index contributed by atoms with van der Waals surface area (Å²) in [5.41, 5.74) is 1.22. The number of nitrogens with zero attached hydrogens (tertiary/aromatic N) is 6. The Kier molecular flexibility index (Phi) is 8.97. The van der Waals surface area contributed by atoms with Crippen molar-refractivity contribution in [2.45, 2.75) is 32.4 Å². The van der Waals surface area contributed by atoms with Crippen LogP contribution < -0.4 is 15.0 Å². The lowest BCUT2D eigenvalue weighted by atomic mass is 10.2. The maximum Gasteiger partial charge on any atom is 0.194 e. The van der Waals surface area contributed by atoms with Crippen molar-refractivity contribution in [3.8, 4) is 5.75 Å². The zero-order chi connectivity index (χ0) is 21.6. The highest BCUT2D eigenvalue weighted by atomic mass is 127. The van der Waals surface area contributed by atoms with Gasteiger partial charge in [0.1, 0.15) is 18.1 Å². The highest BCUT2D eigenvalue weighted by Gasteiger charge is 2.22. The molecule has 2 fully saturated rings. The number of methoxy groups -OCH3 is 1. The summed E-state index contributed by atoms with van der Waals surface area (Å²) in [5.74, 6) is 3.57. The molecule has 10 heteroatoms. The predicted octanol–water partition coefficient (Wildman–Crippen LogP) is 2.20. The Morgan fingerprint density at radius 3 is 2.53 bits per heavy atom. The monoisotopic (exact) mass is 555 g/mol. The van der Waals surface area contributed by atoms with Crippen LogP contribution in [0.15, 0.2) is 29.3 Å². The number of hydrogen-bond donors (Lipinski definition) is 1. The van der Waals surface area contributed by atoms with Crippen molar-refractivity contribution in [2.24, 2.45) is 12.0 Å². The van der Waals surface area contributed by atoms with Gasteiger partial charge in [0, 0.05) is 52.1 Å². The minimum absolute atomic E-state index is 0. The SMILES string of the molecule is COc1ccc(N2CCN(C(=NCc3nnc(C)n3C)NCC3CCCO3)CC2)cc1.I. The highest BCUT2D eigenvalue weighted by Crippen LogP contribution is 2.20. The third-order valence-electron chi connectivity index (χ3n) is 6.08. The topological polar surface area (TPSA) is 80.0 Å². The van der Waals surface area contributed by atoms with E-state index in [9.17, 15) is 0 Å². The molecule has 176 valence electrons. The second kappa shape index (κ2) is 11.7. The highest BCUT2D eigenvalue weighted by molar-refractivity contribution is 14.0. The normalized spacial score (nSPS) is 19.1. The molecule has 0 amide bonds. The number of piperazine rings is 1. The second-order valence-corrected chi connectivity index (χ2v) is 8.05. The van der Waals surface area contributed by atoms with Gasteiger partial charge in [-0.15, -0.1) is 34.2 Å². The number of aryl methyl sites for hydroxylation is 1. The third-order valence-corrected chi connectivity index (χ3v) is 6.08. The molecule has 0 spiro atoms. The number of aromatic nitrogens is 3. The van der Waals surface area contributed by atoms with E-state index in [4.69, 9.17) is 14.5 Å². The molecule has 2 aromatic rings. The molecular weight excluding hydrogens is 521 g/mol. The van der Waals surface area contributed by atoms with Crippen LogP contribution >= 0.6 is 24.0 Å². The van der Waals surface area contributed by atoms with Gasteiger partial charge in [0.15, 0.2) is 11.8 Å². The molecule has 3 heterocycles. The lowest BCUT2D eigenvalue weighted by Gasteiger charge is -2.38. The molecule has 1 atom stereocenters. The van der Waals surface area contributed by atoms with E-state index in [1.807, 2.05) is 30.7 Å². The van der Waals surface area contributed by atoms with Crippen LogP contribution in [0.5, 0.6) is 5.75 Å². The van der Waals surface area contributed by atoms with Crippen molar-refractivity contribution in [3.63, 3.8) is 0 Å². The number of rotatable bonds is 6. The van der Waals surface area contributed by atoms with Crippen LogP contribution in [0.4, 0.5) is 5.69 Å². The Balaban J connectivity index is 0.00000289. The van der Waals surface area contributed by atoms with Crippen LogP contribution in [0.3, 0.4) is 0 Å². The number of ether oxygens (including phenoxy) is 2. The number of nitrogens with one attached hydrogen (secondary N) is 1. The average molecular weight is 555 g/mol. The lowest BCUT2D eigenvalue weighted by Crippen LogP contribution is -2.53. The molecule has 1 aromatic heterocycles. The molecule has 0 bridgehead atoms. The van der Waals surface area contributed by atoms with E-state index in [2.05, 4.69) is 37.4 Å². The van der Waals surface area contributed by atoms with Gasteiger partial charge in [-0.1, -0.05) is 0 Å². The van der Waals surface area contributed by atoms with Crippen molar-refractivity contribution >= 4 is 35.6 Å². The van der Waals surface area contributed by atoms with Gasteiger partial charge in [0.2, 0.25) is 0 Å². The summed E-state index contributed by atoms with van der Waals surface area (Å²) in [5, 5.41) is 12.0. The third kappa shape index (κ3) is 6.03. The smallest absolute Gasteiger partial charge is 0.194 e. The molecule has 9 nitrogen and oxygen atoms in total. The summed E-state index contributed by atoms with van der Waals surface area (Å²) in [7, 11) is 3.67. The van der Waals surface area contributed by atoms with Crippen molar-refractivity contribution in [1.82, 2.24) is 25.0 Å². The Bertz CT molecular complexity index is 873. The molecule has 1 unspecified atom stereocenters. The van der Waals surface area contributed by atoms with E-state index in [-0.39, 0.29) is 30.1 Å². The molecule has 0 saturated carbocycles. The van der Waals surface area contributed by atoms with Crippen molar-refractivity contribution < 1.29 is 9.47 Å². The number of hydrogen-bond acceptors (Lipinski definition) is 6. The summed E-state index contributed by atoms with van der Waals surface area (Å²) in [6.45, 7) is 7.79. The minimum atomic E-state index is 0. The molecule has 0 aliphatic carbocycles. The van der Waals surface area contributed by atoms with Gasteiger partial charge in [-0.3, -0.25) is 0 Å².